The Labute approximate surface area is 113 Å². The first kappa shape index (κ1) is 13.0. The molecule has 0 saturated heterocycles. The monoisotopic (exact) mass is 251 g/mol. The molecule has 96 valence electrons. The number of rotatable bonds is 6. The second-order valence-corrected chi connectivity index (χ2v) is 4.12. The van der Waals surface area contributed by atoms with Crippen molar-refractivity contribution in [2.45, 2.75) is 0 Å². The van der Waals surface area contributed by atoms with E-state index in [-0.39, 0.29) is 0 Å². The second-order valence-electron chi connectivity index (χ2n) is 4.12. The van der Waals surface area contributed by atoms with Crippen LogP contribution in [-0.4, -0.2) is 23.1 Å². The van der Waals surface area contributed by atoms with Gasteiger partial charge in [0.2, 0.25) is 0 Å². The molecule has 2 rings (SSSR count). The van der Waals surface area contributed by atoms with E-state index in [9.17, 15) is 0 Å². The fraction of sp³-hybridized carbons (Fsp3) is 0.125. The van der Waals surface area contributed by atoms with Gasteiger partial charge in [0, 0.05) is 36.7 Å². The van der Waals surface area contributed by atoms with E-state index < -0.39 is 0 Å². The molecular formula is C16H17N3. The Kier molecular flexibility index (Phi) is 4.45. The third kappa shape index (κ3) is 3.28. The zero-order valence-electron chi connectivity index (χ0n) is 10.9. The van der Waals surface area contributed by atoms with Crippen LogP contribution in [0.25, 0.3) is 11.3 Å². The van der Waals surface area contributed by atoms with Crippen LogP contribution in [0.4, 0.5) is 5.69 Å². The van der Waals surface area contributed by atoms with E-state index in [2.05, 4.69) is 52.3 Å². The minimum atomic E-state index is 0.802. The average Bonchev–Trinajstić information content (AvgIpc) is 2.48. The van der Waals surface area contributed by atoms with E-state index in [1.54, 1.807) is 18.6 Å². The summed E-state index contributed by atoms with van der Waals surface area (Å²) in [4.78, 5) is 10.6. The molecule has 0 aliphatic carbocycles. The van der Waals surface area contributed by atoms with Gasteiger partial charge in [0.25, 0.3) is 0 Å². The van der Waals surface area contributed by atoms with Crippen molar-refractivity contribution < 1.29 is 0 Å². The maximum absolute atomic E-state index is 4.29. The van der Waals surface area contributed by atoms with Crippen LogP contribution >= 0.6 is 0 Å². The number of hydrogen-bond donors (Lipinski definition) is 0. The Balaban J connectivity index is 2.22. The Morgan fingerprint density at radius 2 is 1.68 bits per heavy atom. The number of benzene rings is 1. The molecule has 1 aromatic heterocycles. The molecule has 0 N–H and O–H groups in total. The highest BCUT2D eigenvalue weighted by atomic mass is 15.1. The Hall–Kier alpha value is -2.42. The van der Waals surface area contributed by atoms with E-state index in [0.29, 0.717) is 0 Å². The van der Waals surface area contributed by atoms with Crippen molar-refractivity contribution in [2.24, 2.45) is 0 Å². The van der Waals surface area contributed by atoms with Crippen LogP contribution in [0, 0.1) is 0 Å². The summed E-state index contributed by atoms with van der Waals surface area (Å²) in [6.07, 6.45) is 8.92. The van der Waals surface area contributed by atoms with Gasteiger partial charge in [-0.1, -0.05) is 24.3 Å². The molecule has 0 atom stereocenters. The van der Waals surface area contributed by atoms with Gasteiger partial charge in [-0.25, -0.2) is 0 Å². The van der Waals surface area contributed by atoms with Crippen LogP contribution in [0.2, 0.25) is 0 Å². The van der Waals surface area contributed by atoms with Crippen LogP contribution in [-0.2, 0) is 0 Å². The number of hydrogen-bond acceptors (Lipinski definition) is 3. The molecule has 19 heavy (non-hydrogen) atoms. The summed E-state index contributed by atoms with van der Waals surface area (Å²) in [5.41, 5.74) is 3.09. The maximum Gasteiger partial charge on any atom is 0.0885 e. The fourth-order valence-corrected chi connectivity index (χ4v) is 1.89. The molecule has 0 fully saturated rings. The summed E-state index contributed by atoms with van der Waals surface area (Å²) in [5, 5.41) is 0. The van der Waals surface area contributed by atoms with Crippen molar-refractivity contribution in [1.82, 2.24) is 9.97 Å². The highest BCUT2D eigenvalue weighted by molar-refractivity contribution is 5.62. The molecule has 1 heterocycles. The molecule has 2 aromatic rings. The van der Waals surface area contributed by atoms with Crippen LogP contribution in [0.5, 0.6) is 0 Å². The predicted molar refractivity (Wildman–Crippen MR) is 80.1 cm³/mol. The van der Waals surface area contributed by atoms with Gasteiger partial charge in [-0.15, -0.1) is 13.2 Å². The second kappa shape index (κ2) is 6.50. The van der Waals surface area contributed by atoms with Crippen LogP contribution < -0.4 is 4.90 Å². The highest BCUT2D eigenvalue weighted by Crippen LogP contribution is 2.21. The Bertz CT molecular complexity index is 522. The normalized spacial score (nSPS) is 9.89. The van der Waals surface area contributed by atoms with Crippen molar-refractivity contribution in [3.05, 3.63) is 68.2 Å². The topological polar surface area (TPSA) is 29.0 Å². The summed E-state index contributed by atoms with van der Waals surface area (Å²) < 4.78 is 0. The average molecular weight is 251 g/mol. The summed E-state index contributed by atoms with van der Waals surface area (Å²) in [6.45, 7) is 9.16. The molecule has 0 saturated carbocycles. The van der Waals surface area contributed by atoms with E-state index in [0.717, 1.165) is 30.0 Å². The first-order chi connectivity index (χ1) is 9.35. The number of anilines is 1. The maximum atomic E-state index is 4.29. The lowest BCUT2D eigenvalue weighted by molar-refractivity contribution is 0.957. The van der Waals surface area contributed by atoms with Gasteiger partial charge in [0.1, 0.15) is 0 Å². The number of nitrogens with zero attached hydrogens (tertiary/aromatic N) is 3. The lowest BCUT2D eigenvalue weighted by Gasteiger charge is -2.21. The van der Waals surface area contributed by atoms with Crippen LogP contribution in [0.1, 0.15) is 0 Å². The first-order valence-corrected chi connectivity index (χ1v) is 6.18. The van der Waals surface area contributed by atoms with Crippen molar-refractivity contribution >= 4 is 5.69 Å². The molecule has 0 spiro atoms. The number of aromatic nitrogens is 2. The zero-order valence-corrected chi connectivity index (χ0v) is 10.9. The minimum Gasteiger partial charge on any atom is -0.364 e. The van der Waals surface area contributed by atoms with Crippen LogP contribution in [0.15, 0.2) is 68.2 Å². The van der Waals surface area contributed by atoms with E-state index >= 15 is 0 Å². The first-order valence-electron chi connectivity index (χ1n) is 6.18. The molecule has 3 nitrogen and oxygen atoms in total. The lowest BCUT2D eigenvalue weighted by Crippen LogP contribution is -2.22. The standard InChI is InChI=1S/C16H17N3/c1-3-11-19(12-4-2)15-7-5-14(6-8-15)16-13-17-9-10-18-16/h3-10,13H,1-2,11-12H2. The molecule has 0 amide bonds. The quantitative estimate of drug-likeness (QED) is 0.737. The van der Waals surface area contributed by atoms with Crippen molar-refractivity contribution in [3.63, 3.8) is 0 Å². The van der Waals surface area contributed by atoms with Gasteiger partial charge in [-0.2, -0.15) is 0 Å². The molecular weight excluding hydrogens is 234 g/mol. The lowest BCUT2D eigenvalue weighted by atomic mass is 10.1. The predicted octanol–water partition coefficient (Wildman–Crippen LogP) is 3.32. The van der Waals surface area contributed by atoms with Crippen molar-refractivity contribution in [3.8, 4) is 11.3 Å². The molecule has 0 aliphatic heterocycles. The summed E-state index contributed by atoms with van der Waals surface area (Å²) >= 11 is 0. The largest absolute Gasteiger partial charge is 0.364 e. The Morgan fingerprint density at radius 1 is 1.00 bits per heavy atom. The molecule has 0 radical (unpaired) electrons. The van der Waals surface area contributed by atoms with Gasteiger partial charge in [-0.3, -0.25) is 9.97 Å². The molecule has 0 bridgehead atoms. The molecule has 1 aromatic carbocycles. The summed E-state index contributed by atoms with van der Waals surface area (Å²) in [6, 6.07) is 8.27. The van der Waals surface area contributed by atoms with Gasteiger partial charge in [-0.05, 0) is 12.1 Å². The van der Waals surface area contributed by atoms with Crippen LogP contribution in [0.3, 0.4) is 0 Å². The Morgan fingerprint density at radius 3 is 2.21 bits per heavy atom. The summed E-state index contributed by atoms with van der Waals surface area (Å²) in [7, 11) is 0. The van der Waals surface area contributed by atoms with Gasteiger partial charge in [0.05, 0.1) is 11.9 Å². The summed E-state index contributed by atoms with van der Waals surface area (Å²) in [5.74, 6) is 0. The smallest absolute Gasteiger partial charge is 0.0885 e. The third-order valence-corrected chi connectivity index (χ3v) is 2.79. The molecule has 3 heteroatoms. The van der Waals surface area contributed by atoms with Crippen molar-refractivity contribution in [2.75, 3.05) is 18.0 Å². The van der Waals surface area contributed by atoms with Gasteiger partial charge in [0.15, 0.2) is 0 Å². The minimum absolute atomic E-state index is 0.802. The van der Waals surface area contributed by atoms with Gasteiger partial charge < -0.3 is 4.90 Å². The molecule has 0 unspecified atom stereocenters. The molecule has 0 aliphatic rings. The van der Waals surface area contributed by atoms with E-state index in [1.807, 2.05) is 12.2 Å². The van der Waals surface area contributed by atoms with Gasteiger partial charge >= 0.3 is 0 Å². The van der Waals surface area contributed by atoms with E-state index in [1.165, 1.54) is 0 Å². The van der Waals surface area contributed by atoms with Crippen molar-refractivity contribution in [1.29, 1.82) is 0 Å². The highest BCUT2D eigenvalue weighted by Gasteiger charge is 2.04. The zero-order chi connectivity index (χ0) is 13.5. The third-order valence-electron chi connectivity index (χ3n) is 2.79. The van der Waals surface area contributed by atoms with E-state index in [4.69, 9.17) is 0 Å². The SMILES string of the molecule is C=CCN(CC=C)c1ccc(-c2cnccn2)cc1. The fourth-order valence-electron chi connectivity index (χ4n) is 1.89.